The van der Waals surface area contributed by atoms with Gasteiger partial charge in [-0.3, -0.25) is 0 Å². The van der Waals surface area contributed by atoms with E-state index in [-0.39, 0.29) is 0 Å². The van der Waals surface area contributed by atoms with Gasteiger partial charge in [0.15, 0.2) is 11.5 Å². The lowest BCUT2D eigenvalue weighted by Gasteiger charge is -2.15. The van der Waals surface area contributed by atoms with Crippen LogP contribution >= 0.6 is 11.6 Å². The zero-order valence-electron chi connectivity index (χ0n) is 9.26. The van der Waals surface area contributed by atoms with E-state index in [1.165, 1.54) is 20.3 Å². The molecule has 0 N–H and O–H groups in total. The van der Waals surface area contributed by atoms with Gasteiger partial charge in [0.2, 0.25) is 0 Å². The van der Waals surface area contributed by atoms with Gasteiger partial charge in [-0.2, -0.15) is 0 Å². The van der Waals surface area contributed by atoms with Gasteiger partial charge in [-0.25, -0.2) is 8.78 Å². The minimum atomic E-state index is -2.61. The molecule has 0 amide bonds. The summed E-state index contributed by atoms with van der Waals surface area (Å²) in [4.78, 5) is 0. The Bertz CT molecular complexity index is 369. The van der Waals surface area contributed by atoms with Crippen molar-refractivity contribution in [2.24, 2.45) is 0 Å². The number of hydrogen-bond donors (Lipinski definition) is 0. The van der Waals surface area contributed by atoms with Crippen LogP contribution in [0.15, 0.2) is 12.1 Å². The summed E-state index contributed by atoms with van der Waals surface area (Å²) in [5.41, 5.74) is 1.01. The number of ether oxygens (including phenoxy) is 2. The monoisotopic (exact) mass is 250 g/mol. The summed E-state index contributed by atoms with van der Waals surface area (Å²) < 4.78 is 35.1. The highest BCUT2D eigenvalue weighted by molar-refractivity contribution is 6.21. The third-order valence-electron chi connectivity index (χ3n) is 2.29. The minimum absolute atomic E-state index is 0.356. The average Bonchev–Trinajstić information content (AvgIpc) is 2.27. The molecule has 0 saturated heterocycles. The third kappa shape index (κ3) is 2.55. The van der Waals surface area contributed by atoms with Crippen molar-refractivity contribution in [3.05, 3.63) is 23.3 Å². The lowest BCUT2D eigenvalue weighted by molar-refractivity contribution is 0.142. The van der Waals surface area contributed by atoms with Crippen molar-refractivity contribution in [2.45, 2.75) is 18.7 Å². The maximum Gasteiger partial charge on any atom is 0.258 e. The molecular formula is C11H13ClF2O2. The molecular weight excluding hydrogens is 238 g/mol. The van der Waals surface area contributed by atoms with Gasteiger partial charge >= 0.3 is 0 Å². The van der Waals surface area contributed by atoms with Crippen LogP contribution in [0.1, 0.15) is 16.5 Å². The Morgan fingerprint density at radius 1 is 1.12 bits per heavy atom. The maximum atomic E-state index is 12.5. The van der Waals surface area contributed by atoms with Crippen LogP contribution < -0.4 is 9.47 Å². The van der Waals surface area contributed by atoms with Gasteiger partial charge in [0.05, 0.1) is 14.2 Å². The summed E-state index contributed by atoms with van der Waals surface area (Å²) >= 11 is 5.62. The highest BCUT2D eigenvalue weighted by Gasteiger charge is 2.23. The van der Waals surface area contributed by atoms with E-state index < -0.39 is 11.8 Å². The molecule has 0 aromatic heterocycles. The van der Waals surface area contributed by atoms with Gasteiger partial charge in [0.25, 0.3) is 6.43 Å². The van der Waals surface area contributed by atoms with Crippen LogP contribution in [0.4, 0.5) is 8.78 Å². The molecule has 0 aliphatic carbocycles. The Hall–Kier alpha value is -1.03. The molecule has 0 radical (unpaired) electrons. The van der Waals surface area contributed by atoms with Crippen molar-refractivity contribution in [3.8, 4) is 11.5 Å². The van der Waals surface area contributed by atoms with Crippen LogP contribution in [-0.2, 0) is 0 Å². The first-order valence-corrected chi connectivity index (χ1v) is 5.09. The summed E-state index contributed by atoms with van der Waals surface area (Å²) in [6.07, 6.45) is -2.61. The Morgan fingerprint density at radius 3 is 2.06 bits per heavy atom. The van der Waals surface area contributed by atoms with E-state index in [0.29, 0.717) is 22.6 Å². The molecule has 1 unspecified atom stereocenters. The minimum Gasteiger partial charge on any atom is -0.493 e. The molecule has 0 aliphatic rings. The van der Waals surface area contributed by atoms with Gasteiger partial charge in [0, 0.05) is 0 Å². The molecule has 0 saturated carbocycles. The largest absolute Gasteiger partial charge is 0.493 e. The van der Waals surface area contributed by atoms with E-state index in [9.17, 15) is 8.78 Å². The molecule has 1 rings (SSSR count). The van der Waals surface area contributed by atoms with E-state index in [1.807, 2.05) is 0 Å². The van der Waals surface area contributed by atoms with Gasteiger partial charge in [-0.05, 0) is 30.2 Å². The molecule has 90 valence electrons. The second kappa shape index (κ2) is 5.34. The SMILES string of the molecule is COc1cc(C)c(C(Cl)C(F)F)cc1OC. The van der Waals surface area contributed by atoms with Crippen molar-refractivity contribution >= 4 is 11.6 Å². The number of alkyl halides is 3. The van der Waals surface area contributed by atoms with Crippen molar-refractivity contribution in [1.82, 2.24) is 0 Å². The average molecular weight is 251 g/mol. The first kappa shape index (κ1) is 13.0. The number of methoxy groups -OCH3 is 2. The van der Waals surface area contributed by atoms with E-state index >= 15 is 0 Å². The number of hydrogen-bond acceptors (Lipinski definition) is 2. The summed E-state index contributed by atoms with van der Waals surface area (Å²) in [5, 5.41) is -1.33. The molecule has 0 spiro atoms. The van der Waals surface area contributed by atoms with Gasteiger partial charge < -0.3 is 9.47 Å². The first-order valence-electron chi connectivity index (χ1n) is 4.66. The molecule has 1 aromatic carbocycles. The fourth-order valence-corrected chi connectivity index (χ4v) is 1.66. The highest BCUT2D eigenvalue weighted by Crippen LogP contribution is 2.37. The standard InChI is InChI=1S/C11H13ClF2O2/c1-6-4-8(15-2)9(16-3)5-7(6)10(12)11(13)14/h4-5,10-11H,1-3H3. The van der Waals surface area contributed by atoms with Crippen LogP contribution in [0.2, 0.25) is 0 Å². The van der Waals surface area contributed by atoms with E-state index in [1.54, 1.807) is 13.0 Å². The van der Waals surface area contributed by atoms with Crippen LogP contribution in [0, 0.1) is 6.92 Å². The lowest BCUT2D eigenvalue weighted by atomic mass is 10.0. The number of benzene rings is 1. The summed E-state index contributed by atoms with van der Waals surface area (Å²) in [7, 11) is 2.94. The lowest BCUT2D eigenvalue weighted by Crippen LogP contribution is -2.05. The Labute approximate surface area is 98.1 Å². The smallest absolute Gasteiger partial charge is 0.258 e. The van der Waals surface area contributed by atoms with E-state index in [0.717, 1.165) is 0 Å². The molecule has 2 nitrogen and oxygen atoms in total. The topological polar surface area (TPSA) is 18.5 Å². The summed E-state index contributed by atoms with van der Waals surface area (Å²) in [6, 6.07) is 3.12. The predicted molar refractivity (Wildman–Crippen MR) is 58.9 cm³/mol. The highest BCUT2D eigenvalue weighted by atomic mass is 35.5. The zero-order chi connectivity index (χ0) is 12.3. The Morgan fingerprint density at radius 2 is 1.62 bits per heavy atom. The van der Waals surface area contributed by atoms with Crippen molar-refractivity contribution in [1.29, 1.82) is 0 Å². The van der Waals surface area contributed by atoms with Gasteiger partial charge in [0.1, 0.15) is 5.38 Å². The molecule has 5 heteroatoms. The molecule has 0 aliphatic heterocycles. The maximum absolute atomic E-state index is 12.5. The number of aryl methyl sites for hydroxylation is 1. The second-order valence-corrected chi connectivity index (χ2v) is 3.77. The third-order valence-corrected chi connectivity index (χ3v) is 2.72. The molecule has 0 fully saturated rings. The van der Waals surface area contributed by atoms with E-state index in [2.05, 4.69) is 0 Å². The van der Waals surface area contributed by atoms with Gasteiger partial charge in [-0.15, -0.1) is 11.6 Å². The molecule has 1 aromatic rings. The fraction of sp³-hybridized carbons (Fsp3) is 0.455. The summed E-state index contributed by atoms with van der Waals surface area (Å²) in [5.74, 6) is 0.899. The molecule has 0 bridgehead atoms. The quantitative estimate of drug-likeness (QED) is 0.761. The van der Waals surface area contributed by atoms with Crippen molar-refractivity contribution in [2.75, 3.05) is 14.2 Å². The van der Waals surface area contributed by atoms with Crippen molar-refractivity contribution < 1.29 is 18.3 Å². The van der Waals surface area contributed by atoms with Gasteiger partial charge in [-0.1, -0.05) is 0 Å². The number of halogens is 3. The molecule has 0 heterocycles. The fourth-order valence-electron chi connectivity index (χ4n) is 1.43. The molecule has 16 heavy (non-hydrogen) atoms. The zero-order valence-corrected chi connectivity index (χ0v) is 10.0. The van der Waals surface area contributed by atoms with Crippen molar-refractivity contribution in [3.63, 3.8) is 0 Å². The molecule has 1 atom stereocenters. The first-order chi connectivity index (χ1) is 7.51. The van der Waals surface area contributed by atoms with Crippen LogP contribution in [0.3, 0.4) is 0 Å². The van der Waals surface area contributed by atoms with E-state index in [4.69, 9.17) is 21.1 Å². The predicted octanol–water partition coefficient (Wildman–Crippen LogP) is 3.56. The van der Waals surface area contributed by atoms with Crippen LogP contribution in [-0.4, -0.2) is 20.6 Å². The van der Waals surface area contributed by atoms with Crippen LogP contribution in [0.25, 0.3) is 0 Å². The Balaban J connectivity index is 3.21. The van der Waals surface area contributed by atoms with Crippen LogP contribution in [0.5, 0.6) is 11.5 Å². The number of rotatable bonds is 4. The second-order valence-electron chi connectivity index (χ2n) is 3.30. The summed E-state index contributed by atoms with van der Waals surface area (Å²) in [6.45, 7) is 1.70. The normalized spacial score (nSPS) is 12.7. The Kier molecular flexibility index (Phi) is 4.35.